The average Bonchev–Trinajstić information content (AvgIpc) is 2.70. The zero-order chi connectivity index (χ0) is 21.4. The fourth-order valence-electron chi connectivity index (χ4n) is 3.06. The van der Waals surface area contributed by atoms with E-state index in [0.717, 1.165) is 11.1 Å². The van der Waals surface area contributed by atoms with Gasteiger partial charge in [0.05, 0.1) is 0 Å². The smallest absolute Gasteiger partial charge is 0.243 e. The quantitative estimate of drug-likeness (QED) is 0.688. The van der Waals surface area contributed by atoms with E-state index in [1.54, 1.807) is 17.0 Å². The van der Waals surface area contributed by atoms with Crippen LogP contribution in [0.25, 0.3) is 0 Å². The summed E-state index contributed by atoms with van der Waals surface area (Å²) < 4.78 is 13.3. The van der Waals surface area contributed by atoms with Gasteiger partial charge < -0.3 is 10.2 Å². The van der Waals surface area contributed by atoms with Crippen molar-refractivity contribution in [3.8, 4) is 0 Å². The Kier molecular flexibility index (Phi) is 8.37. The van der Waals surface area contributed by atoms with Gasteiger partial charge in [0.25, 0.3) is 0 Å². The molecule has 0 aromatic heterocycles. The van der Waals surface area contributed by atoms with Gasteiger partial charge in [-0.15, -0.1) is 0 Å². The number of carbonyl (C=O) groups excluding carboxylic acids is 2. The average molecular weight is 399 g/mol. The molecule has 5 heteroatoms. The molecule has 2 rings (SSSR count). The molecule has 1 N–H and O–H groups in total. The number of amides is 2. The molecule has 0 spiro atoms. The van der Waals surface area contributed by atoms with E-state index in [9.17, 15) is 14.0 Å². The molecule has 0 fully saturated rings. The monoisotopic (exact) mass is 398 g/mol. The number of benzene rings is 2. The Morgan fingerprint density at radius 1 is 0.931 bits per heavy atom. The molecule has 4 nitrogen and oxygen atoms in total. The third kappa shape index (κ3) is 7.00. The summed E-state index contributed by atoms with van der Waals surface area (Å²) in [4.78, 5) is 27.8. The van der Waals surface area contributed by atoms with Crippen molar-refractivity contribution in [3.05, 3.63) is 71.5 Å². The van der Waals surface area contributed by atoms with Crippen molar-refractivity contribution >= 4 is 11.8 Å². The van der Waals surface area contributed by atoms with Crippen LogP contribution < -0.4 is 5.32 Å². The van der Waals surface area contributed by atoms with Crippen LogP contribution in [0.2, 0.25) is 0 Å². The Morgan fingerprint density at radius 3 is 2.10 bits per heavy atom. The highest BCUT2D eigenvalue weighted by Crippen LogP contribution is 2.17. The van der Waals surface area contributed by atoms with Gasteiger partial charge in [0.1, 0.15) is 11.9 Å². The van der Waals surface area contributed by atoms with Gasteiger partial charge in [0.15, 0.2) is 0 Å². The molecule has 0 bridgehead atoms. The van der Waals surface area contributed by atoms with Crippen LogP contribution in [0.4, 0.5) is 4.39 Å². The topological polar surface area (TPSA) is 49.4 Å². The lowest BCUT2D eigenvalue weighted by Gasteiger charge is -2.33. The van der Waals surface area contributed by atoms with Crippen molar-refractivity contribution in [3.63, 3.8) is 0 Å². The minimum absolute atomic E-state index is 0.102. The molecule has 156 valence electrons. The Balaban J connectivity index is 2.36. The van der Waals surface area contributed by atoms with Crippen molar-refractivity contribution < 1.29 is 14.0 Å². The standard InChI is InChI=1S/C24H31FN2O2/c1-17(2)15-26-23(28)22(14-19-8-6-5-7-9-19)27(24(29)18(3)4)16-20-10-12-21(25)13-11-20/h5-13,17-18,22H,14-16H2,1-4H3,(H,26,28)/t22-/m0/s1. The minimum atomic E-state index is -0.642. The summed E-state index contributed by atoms with van der Waals surface area (Å²) in [6, 6.07) is 15.1. The summed E-state index contributed by atoms with van der Waals surface area (Å²) >= 11 is 0. The van der Waals surface area contributed by atoms with E-state index < -0.39 is 6.04 Å². The van der Waals surface area contributed by atoms with Crippen molar-refractivity contribution in [2.24, 2.45) is 11.8 Å². The molecule has 0 aliphatic heterocycles. The van der Waals surface area contributed by atoms with E-state index in [-0.39, 0.29) is 30.1 Å². The van der Waals surface area contributed by atoms with Crippen LogP contribution in [0.3, 0.4) is 0 Å². The molecule has 2 aromatic rings. The maximum atomic E-state index is 13.3. The predicted octanol–water partition coefficient (Wildman–Crippen LogP) is 4.19. The lowest BCUT2D eigenvalue weighted by Crippen LogP contribution is -2.52. The summed E-state index contributed by atoms with van der Waals surface area (Å²) in [5, 5.41) is 2.98. The van der Waals surface area contributed by atoms with E-state index in [1.165, 1.54) is 12.1 Å². The maximum absolute atomic E-state index is 13.3. The highest BCUT2D eigenvalue weighted by molar-refractivity contribution is 5.88. The third-order valence-corrected chi connectivity index (χ3v) is 4.68. The minimum Gasteiger partial charge on any atom is -0.354 e. The Bertz CT molecular complexity index is 788. The first-order valence-electron chi connectivity index (χ1n) is 10.1. The van der Waals surface area contributed by atoms with E-state index in [1.807, 2.05) is 58.0 Å². The number of nitrogens with one attached hydrogen (secondary N) is 1. The van der Waals surface area contributed by atoms with E-state index in [0.29, 0.717) is 18.9 Å². The van der Waals surface area contributed by atoms with Gasteiger partial charge in [-0.2, -0.15) is 0 Å². The molecular weight excluding hydrogens is 367 g/mol. The van der Waals surface area contributed by atoms with Crippen LogP contribution >= 0.6 is 0 Å². The molecule has 29 heavy (non-hydrogen) atoms. The summed E-state index contributed by atoms with van der Waals surface area (Å²) in [6.45, 7) is 8.51. The molecule has 0 aliphatic carbocycles. The maximum Gasteiger partial charge on any atom is 0.243 e. The summed E-state index contributed by atoms with van der Waals surface area (Å²) in [7, 11) is 0. The molecule has 0 radical (unpaired) electrons. The fourth-order valence-corrected chi connectivity index (χ4v) is 3.06. The summed E-state index contributed by atoms with van der Waals surface area (Å²) in [5.74, 6) is -0.547. The van der Waals surface area contributed by atoms with Crippen LogP contribution in [-0.2, 0) is 22.6 Å². The second kappa shape index (κ2) is 10.7. The molecule has 1 atom stereocenters. The van der Waals surface area contributed by atoms with E-state index in [2.05, 4.69) is 5.32 Å². The third-order valence-electron chi connectivity index (χ3n) is 4.68. The second-order valence-corrected chi connectivity index (χ2v) is 8.09. The second-order valence-electron chi connectivity index (χ2n) is 8.09. The van der Waals surface area contributed by atoms with Crippen molar-refractivity contribution in [1.29, 1.82) is 0 Å². The Morgan fingerprint density at radius 2 is 1.55 bits per heavy atom. The van der Waals surface area contributed by atoms with Crippen molar-refractivity contribution in [2.75, 3.05) is 6.54 Å². The zero-order valence-electron chi connectivity index (χ0n) is 17.7. The molecule has 0 unspecified atom stereocenters. The number of rotatable bonds is 9. The first-order valence-corrected chi connectivity index (χ1v) is 10.1. The molecular formula is C24H31FN2O2. The van der Waals surface area contributed by atoms with Crippen LogP contribution in [0.5, 0.6) is 0 Å². The number of carbonyl (C=O) groups is 2. The Hall–Kier alpha value is -2.69. The van der Waals surface area contributed by atoms with Crippen LogP contribution in [0.15, 0.2) is 54.6 Å². The van der Waals surface area contributed by atoms with Crippen LogP contribution in [0, 0.1) is 17.7 Å². The van der Waals surface area contributed by atoms with Crippen LogP contribution in [-0.4, -0.2) is 29.3 Å². The van der Waals surface area contributed by atoms with E-state index in [4.69, 9.17) is 0 Å². The van der Waals surface area contributed by atoms with Crippen LogP contribution in [0.1, 0.15) is 38.8 Å². The number of hydrogen-bond acceptors (Lipinski definition) is 2. The lowest BCUT2D eigenvalue weighted by molar-refractivity contribution is -0.143. The summed E-state index contributed by atoms with van der Waals surface area (Å²) in [5.41, 5.74) is 1.77. The molecule has 0 aliphatic rings. The molecule has 0 saturated heterocycles. The number of nitrogens with zero attached hydrogens (tertiary/aromatic N) is 1. The molecule has 0 heterocycles. The predicted molar refractivity (Wildman–Crippen MR) is 114 cm³/mol. The summed E-state index contributed by atoms with van der Waals surface area (Å²) in [6.07, 6.45) is 0.421. The lowest BCUT2D eigenvalue weighted by atomic mass is 10.0. The number of halogens is 1. The highest BCUT2D eigenvalue weighted by atomic mass is 19.1. The van der Waals surface area contributed by atoms with Crippen molar-refractivity contribution in [2.45, 2.75) is 46.7 Å². The van der Waals surface area contributed by atoms with Gasteiger partial charge in [-0.3, -0.25) is 9.59 Å². The van der Waals surface area contributed by atoms with Gasteiger partial charge in [-0.25, -0.2) is 4.39 Å². The van der Waals surface area contributed by atoms with Gasteiger partial charge >= 0.3 is 0 Å². The highest BCUT2D eigenvalue weighted by Gasteiger charge is 2.31. The van der Waals surface area contributed by atoms with E-state index >= 15 is 0 Å². The molecule has 0 saturated carbocycles. The van der Waals surface area contributed by atoms with Gasteiger partial charge in [-0.05, 0) is 29.2 Å². The first kappa shape index (κ1) is 22.6. The van der Waals surface area contributed by atoms with Gasteiger partial charge in [0, 0.05) is 25.4 Å². The van der Waals surface area contributed by atoms with Crippen molar-refractivity contribution in [1.82, 2.24) is 10.2 Å². The molecule has 2 amide bonds. The van der Waals surface area contributed by atoms with Gasteiger partial charge in [-0.1, -0.05) is 70.2 Å². The largest absolute Gasteiger partial charge is 0.354 e. The van der Waals surface area contributed by atoms with Gasteiger partial charge in [0.2, 0.25) is 11.8 Å². The number of hydrogen-bond donors (Lipinski definition) is 1. The zero-order valence-corrected chi connectivity index (χ0v) is 17.7. The Labute approximate surface area is 173 Å². The first-order chi connectivity index (χ1) is 13.8. The SMILES string of the molecule is CC(C)CNC(=O)[C@H](Cc1ccccc1)N(Cc1ccc(F)cc1)C(=O)C(C)C. The normalized spacial score (nSPS) is 12.1. The molecule has 2 aromatic carbocycles. The fraction of sp³-hybridized carbons (Fsp3) is 0.417.